The monoisotopic (exact) mass is 385 g/mol. The molecule has 2 aromatic carbocycles. The second kappa shape index (κ2) is 7.79. The summed E-state index contributed by atoms with van der Waals surface area (Å²) >= 11 is 8.79. The normalized spacial score (nSPS) is 10.4. The number of halogens is 1. The number of H-pyrrole nitrogens is 1. The number of rotatable bonds is 4. The Balaban J connectivity index is 2.13. The predicted octanol–water partition coefficient (Wildman–Crippen LogP) is 4.84. The zero-order chi connectivity index (χ0) is 17.8. The van der Waals surface area contributed by atoms with Gasteiger partial charge in [0.2, 0.25) is 0 Å². The SMILES string of the molecule is CSc1nc(-c2ccccc2Sc2ccc(Cl)cc2)c(C#N)c(=O)[nH]1. The minimum atomic E-state index is -0.428. The molecule has 0 atom stereocenters. The van der Waals surface area contributed by atoms with Gasteiger partial charge in [0.05, 0.1) is 5.69 Å². The van der Waals surface area contributed by atoms with E-state index in [0.717, 1.165) is 15.4 Å². The predicted molar refractivity (Wildman–Crippen MR) is 102 cm³/mol. The van der Waals surface area contributed by atoms with Crippen molar-refractivity contribution in [2.75, 3.05) is 6.26 Å². The molecule has 0 bridgehead atoms. The Kier molecular flexibility index (Phi) is 5.49. The molecule has 0 spiro atoms. The van der Waals surface area contributed by atoms with Crippen molar-refractivity contribution in [3.63, 3.8) is 0 Å². The third kappa shape index (κ3) is 3.90. The molecule has 1 aromatic heterocycles. The lowest BCUT2D eigenvalue weighted by Gasteiger charge is -2.10. The maximum atomic E-state index is 12.2. The highest BCUT2D eigenvalue weighted by molar-refractivity contribution is 7.99. The summed E-state index contributed by atoms with van der Waals surface area (Å²) in [6, 6.07) is 17.1. The fourth-order valence-electron chi connectivity index (χ4n) is 2.23. The molecule has 1 heterocycles. The van der Waals surface area contributed by atoms with Crippen LogP contribution in [0.3, 0.4) is 0 Å². The first-order valence-electron chi connectivity index (χ1n) is 7.23. The lowest BCUT2D eigenvalue weighted by molar-refractivity contribution is 0.935. The fourth-order valence-corrected chi connectivity index (χ4v) is 3.68. The smallest absolute Gasteiger partial charge is 0.270 e. The highest BCUT2D eigenvalue weighted by atomic mass is 35.5. The molecule has 0 fully saturated rings. The van der Waals surface area contributed by atoms with Crippen molar-refractivity contribution in [2.45, 2.75) is 14.9 Å². The van der Waals surface area contributed by atoms with Crippen LogP contribution >= 0.6 is 35.1 Å². The largest absolute Gasteiger partial charge is 0.300 e. The number of hydrogen-bond donors (Lipinski definition) is 1. The van der Waals surface area contributed by atoms with Gasteiger partial charge in [-0.1, -0.05) is 53.3 Å². The first kappa shape index (κ1) is 17.6. The van der Waals surface area contributed by atoms with E-state index in [4.69, 9.17) is 11.6 Å². The second-order valence-electron chi connectivity index (χ2n) is 4.96. The first-order chi connectivity index (χ1) is 12.1. The van der Waals surface area contributed by atoms with Gasteiger partial charge in [0.1, 0.15) is 11.6 Å². The van der Waals surface area contributed by atoms with E-state index in [1.165, 1.54) is 23.5 Å². The Morgan fingerprint density at radius 2 is 1.88 bits per heavy atom. The molecule has 0 amide bonds. The summed E-state index contributed by atoms with van der Waals surface area (Å²) in [6.45, 7) is 0. The van der Waals surface area contributed by atoms with Gasteiger partial charge in [-0.2, -0.15) is 5.26 Å². The van der Waals surface area contributed by atoms with Gasteiger partial charge in [-0.15, -0.1) is 0 Å². The second-order valence-corrected chi connectivity index (χ2v) is 7.31. The van der Waals surface area contributed by atoms with E-state index >= 15 is 0 Å². The van der Waals surface area contributed by atoms with E-state index in [2.05, 4.69) is 9.97 Å². The fraction of sp³-hybridized carbons (Fsp3) is 0.0556. The highest BCUT2D eigenvalue weighted by Crippen LogP contribution is 2.36. The summed E-state index contributed by atoms with van der Waals surface area (Å²) < 4.78 is 0. The molecular weight excluding hydrogens is 374 g/mol. The van der Waals surface area contributed by atoms with Crippen molar-refractivity contribution >= 4 is 35.1 Å². The minimum absolute atomic E-state index is 0.0157. The van der Waals surface area contributed by atoms with Gasteiger partial charge in [0.15, 0.2) is 5.16 Å². The maximum absolute atomic E-state index is 12.2. The summed E-state index contributed by atoms with van der Waals surface area (Å²) in [7, 11) is 0. The number of thioether (sulfide) groups is 1. The molecule has 0 aliphatic carbocycles. The Hall–Kier alpha value is -2.20. The van der Waals surface area contributed by atoms with Gasteiger partial charge in [-0.25, -0.2) is 4.98 Å². The van der Waals surface area contributed by atoms with E-state index in [1.54, 1.807) is 0 Å². The lowest BCUT2D eigenvalue weighted by atomic mass is 10.1. The highest BCUT2D eigenvalue weighted by Gasteiger charge is 2.16. The van der Waals surface area contributed by atoms with Gasteiger partial charge >= 0.3 is 0 Å². The van der Waals surface area contributed by atoms with E-state index in [0.29, 0.717) is 15.9 Å². The molecule has 0 aliphatic heterocycles. The van der Waals surface area contributed by atoms with Gasteiger partial charge in [-0.05, 0) is 36.6 Å². The number of hydrogen-bond acceptors (Lipinski definition) is 5. The standard InChI is InChI=1S/C18H12ClN3OS2/c1-24-18-21-16(14(10-20)17(23)22-18)13-4-2-3-5-15(13)25-12-8-6-11(19)7-9-12/h2-9H,1H3,(H,21,22,23). The molecule has 0 radical (unpaired) electrons. The quantitative estimate of drug-likeness (QED) is 0.514. The number of nitrogens with one attached hydrogen (secondary N) is 1. The van der Waals surface area contributed by atoms with Gasteiger partial charge < -0.3 is 4.98 Å². The van der Waals surface area contributed by atoms with Gasteiger partial charge in [-0.3, -0.25) is 4.79 Å². The first-order valence-corrected chi connectivity index (χ1v) is 9.65. The number of aromatic nitrogens is 2. The molecule has 7 heteroatoms. The molecule has 3 aromatic rings. The maximum Gasteiger partial charge on any atom is 0.270 e. The summed E-state index contributed by atoms with van der Waals surface area (Å²) in [5, 5.41) is 10.5. The number of aromatic amines is 1. The molecule has 4 nitrogen and oxygen atoms in total. The Morgan fingerprint density at radius 1 is 1.16 bits per heavy atom. The van der Waals surface area contributed by atoms with Crippen molar-refractivity contribution in [1.82, 2.24) is 9.97 Å². The molecule has 0 saturated carbocycles. The summed E-state index contributed by atoms with van der Waals surface area (Å²) in [5.74, 6) is 0. The Labute approximate surface area is 158 Å². The van der Waals surface area contributed by atoms with Crippen LogP contribution in [-0.4, -0.2) is 16.2 Å². The van der Waals surface area contributed by atoms with Crippen LogP contribution in [0.5, 0.6) is 0 Å². The zero-order valence-electron chi connectivity index (χ0n) is 13.1. The van der Waals surface area contributed by atoms with Crippen molar-refractivity contribution in [3.8, 4) is 17.3 Å². The van der Waals surface area contributed by atoms with E-state index in [1.807, 2.05) is 60.9 Å². The van der Waals surface area contributed by atoms with Crippen LogP contribution in [0.4, 0.5) is 0 Å². The van der Waals surface area contributed by atoms with Crippen molar-refractivity contribution in [1.29, 1.82) is 5.26 Å². The van der Waals surface area contributed by atoms with Crippen LogP contribution in [0, 0.1) is 11.3 Å². The van der Waals surface area contributed by atoms with E-state index in [-0.39, 0.29) is 5.56 Å². The van der Waals surface area contributed by atoms with Crippen LogP contribution in [0.15, 0.2) is 68.3 Å². The summed E-state index contributed by atoms with van der Waals surface area (Å²) in [5.41, 5.74) is 0.734. The Bertz CT molecular complexity index is 1010. The van der Waals surface area contributed by atoms with Crippen LogP contribution < -0.4 is 5.56 Å². The average molecular weight is 386 g/mol. The third-order valence-corrected chi connectivity index (χ3v) is 5.30. The Morgan fingerprint density at radius 3 is 2.56 bits per heavy atom. The van der Waals surface area contributed by atoms with Crippen LogP contribution in [0.25, 0.3) is 11.3 Å². The van der Waals surface area contributed by atoms with Crippen molar-refractivity contribution < 1.29 is 0 Å². The molecule has 1 N–H and O–H groups in total. The van der Waals surface area contributed by atoms with Crippen molar-refractivity contribution in [2.24, 2.45) is 0 Å². The minimum Gasteiger partial charge on any atom is -0.300 e. The summed E-state index contributed by atoms with van der Waals surface area (Å²) in [4.78, 5) is 21.2. The van der Waals surface area contributed by atoms with E-state index in [9.17, 15) is 10.1 Å². The third-order valence-electron chi connectivity index (χ3n) is 3.39. The lowest BCUT2D eigenvalue weighted by Crippen LogP contribution is -2.14. The average Bonchev–Trinajstić information content (AvgIpc) is 2.63. The van der Waals surface area contributed by atoms with Crippen LogP contribution in [0.1, 0.15) is 5.56 Å². The molecule has 0 unspecified atom stereocenters. The topological polar surface area (TPSA) is 69.5 Å². The number of nitrogens with zero attached hydrogens (tertiary/aromatic N) is 2. The van der Waals surface area contributed by atoms with Gasteiger partial charge in [0.25, 0.3) is 5.56 Å². The van der Waals surface area contributed by atoms with Crippen LogP contribution in [-0.2, 0) is 0 Å². The molecule has 0 aliphatic rings. The molecule has 25 heavy (non-hydrogen) atoms. The molecule has 124 valence electrons. The van der Waals surface area contributed by atoms with E-state index < -0.39 is 5.56 Å². The van der Waals surface area contributed by atoms with Gasteiger partial charge in [0, 0.05) is 20.4 Å². The zero-order valence-corrected chi connectivity index (χ0v) is 15.5. The van der Waals surface area contributed by atoms with Crippen LogP contribution in [0.2, 0.25) is 5.02 Å². The number of benzene rings is 2. The molecule has 0 saturated heterocycles. The number of nitriles is 1. The van der Waals surface area contributed by atoms with Crippen molar-refractivity contribution in [3.05, 3.63) is 69.5 Å². The molecule has 3 rings (SSSR count). The summed E-state index contributed by atoms with van der Waals surface area (Å²) in [6.07, 6.45) is 1.82. The molecular formula is C18H12ClN3OS2.